The predicted octanol–water partition coefficient (Wildman–Crippen LogP) is 3.13. The SMILES string of the molecule is COCCNc1ccc(C(=O)NCC(O)COc2cccc(Cl)c2Cl)cc1[N+](=O)[O-]. The lowest BCUT2D eigenvalue weighted by Crippen LogP contribution is -2.35. The van der Waals surface area contributed by atoms with Gasteiger partial charge in [-0.2, -0.15) is 0 Å². The number of anilines is 1. The molecule has 0 saturated carbocycles. The third-order valence-corrected chi connectivity index (χ3v) is 4.73. The number of ether oxygens (including phenoxy) is 2. The van der Waals surface area contributed by atoms with Gasteiger partial charge in [-0.05, 0) is 24.3 Å². The van der Waals surface area contributed by atoms with Gasteiger partial charge in [0.25, 0.3) is 11.6 Å². The number of carbonyl (C=O) groups is 1. The number of methoxy groups -OCH3 is 1. The van der Waals surface area contributed by atoms with Gasteiger partial charge in [0.2, 0.25) is 0 Å². The van der Waals surface area contributed by atoms with Gasteiger partial charge in [-0.1, -0.05) is 29.3 Å². The van der Waals surface area contributed by atoms with E-state index in [1.165, 1.54) is 25.3 Å². The highest BCUT2D eigenvalue weighted by atomic mass is 35.5. The second kappa shape index (κ2) is 11.6. The highest BCUT2D eigenvalue weighted by Gasteiger charge is 2.18. The van der Waals surface area contributed by atoms with Crippen molar-refractivity contribution in [2.75, 3.05) is 38.7 Å². The van der Waals surface area contributed by atoms with Crippen molar-refractivity contribution in [3.63, 3.8) is 0 Å². The molecule has 0 radical (unpaired) electrons. The number of benzene rings is 2. The van der Waals surface area contributed by atoms with Gasteiger partial charge in [-0.25, -0.2) is 0 Å². The lowest BCUT2D eigenvalue weighted by Gasteiger charge is -2.14. The first kappa shape index (κ1) is 23.7. The summed E-state index contributed by atoms with van der Waals surface area (Å²) in [6, 6.07) is 8.92. The molecule has 2 aromatic carbocycles. The Morgan fingerprint density at radius 3 is 2.77 bits per heavy atom. The third kappa shape index (κ3) is 6.74. The minimum absolute atomic E-state index is 0.0880. The Hall–Kier alpha value is -2.59. The fourth-order valence-electron chi connectivity index (χ4n) is 2.41. The first-order valence-corrected chi connectivity index (χ1v) is 9.63. The number of nitrogens with zero attached hydrogens (tertiary/aromatic N) is 1. The van der Waals surface area contributed by atoms with Crippen LogP contribution in [0.2, 0.25) is 10.0 Å². The van der Waals surface area contributed by atoms with E-state index in [0.29, 0.717) is 23.9 Å². The molecule has 3 N–H and O–H groups in total. The van der Waals surface area contributed by atoms with Crippen LogP contribution in [-0.2, 0) is 4.74 Å². The van der Waals surface area contributed by atoms with E-state index in [9.17, 15) is 20.0 Å². The number of aliphatic hydroxyl groups is 1. The summed E-state index contributed by atoms with van der Waals surface area (Å²) in [5, 5.41) is 27.2. The average Bonchev–Trinajstić information content (AvgIpc) is 2.73. The van der Waals surface area contributed by atoms with Gasteiger partial charge in [-0.3, -0.25) is 14.9 Å². The van der Waals surface area contributed by atoms with Crippen molar-refractivity contribution in [3.05, 3.63) is 62.1 Å². The molecule has 1 atom stereocenters. The molecule has 0 heterocycles. The Labute approximate surface area is 183 Å². The van der Waals surface area contributed by atoms with Crippen molar-refractivity contribution < 1.29 is 24.3 Å². The highest BCUT2D eigenvalue weighted by Crippen LogP contribution is 2.31. The number of halogens is 2. The molecule has 0 fully saturated rings. The van der Waals surface area contributed by atoms with Crippen molar-refractivity contribution in [2.24, 2.45) is 0 Å². The van der Waals surface area contributed by atoms with E-state index in [1.807, 2.05) is 0 Å². The monoisotopic (exact) mass is 457 g/mol. The Morgan fingerprint density at radius 2 is 2.07 bits per heavy atom. The second-order valence-corrected chi connectivity index (χ2v) is 6.92. The standard InChI is InChI=1S/C19H21Cl2N3O6/c1-29-8-7-22-15-6-5-12(9-16(15)24(27)28)19(26)23-10-13(25)11-30-17-4-2-3-14(20)18(17)21/h2-6,9,13,22,25H,7-8,10-11H2,1H3,(H,23,26). The van der Waals surface area contributed by atoms with Crippen LogP contribution in [0.3, 0.4) is 0 Å². The number of hydrogen-bond donors (Lipinski definition) is 3. The lowest BCUT2D eigenvalue weighted by molar-refractivity contribution is -0.384. The zero-order valence-corrected chi connectivity index (χ0v) is 17.6. The van der Waals surface area contributed by atoms with Gasteiger partial charge in [0.15, 0.2) is 0 Å². The number of nitrogens with one attached hydrogen (secondary N) is 2. The zero-order valence-electron chi connectivity index (χ0n) is 16.1. The van der Waals surface area contributed by atoms with Gasteiger partial charge in [0.05, 0.1) is 16.6 Å². The van der Waals surface area contributed by atoms with Gasteiger partial charge in [-0.15, -0.1) is 0 Å². The molecule has 1 unspecified atom stereocenters. The summed E-state index contributed by atoms with van der Waals surface area (Å²) in [4.78, 5) is 23.0. The molecule has 30 heavy (non-hydrogen) atoms. The fourth-order valence-corrected chi connectivity index (χ4v) is 2.76. The molecular formula is C19H21Cl2N3O6. The molecule has 0 aliphatic heterocycles. The molecule has 9 nitrogen and oxygen atoms in total. The molecule has 0 bridgehead atoms. The maximum atomic E-state index is 12.3. The number of carbonyl (C=O) groups excluding carboxylic acids is 1. The van der Waals surface area contributed by atoms with Gasteiger partial charge in [0, 0.05) is 31.8 Å². The molecule has 2 rings (SSSR count). The van der Waals surface area contributed by atoms with E-state index < -0.39 is 16.9 Å². The number of nitro benzene ring substituents is 1. The quantitative estimate of drug-likeness (QED) is 0.269. The van der Waals surface area contributed by atoms with Crippen molar-refractivity contribution >= 4 is 40.5 Å². The molecule has 0 aromatic heterocycles. The van der Waals surface area contributed by atoms with Gasteiger partial charge < -0.3 is 25.2 Å². The Morgan fingerprint density at radius 1 is 1.30 bits per heavy atom. The maximum Gasteiger partial charge on any atom is 0.293 e. The van der Waals surface area contributed by atoms with Crippen LogP contribution >= 0.6 is 23.2 Å². The summed E-state index contributed by atoms with van der Waals surface area (Å²) >= 11 is 11.9. The number of aliphatic hydroxyl groups excluding tert-OH is 1. The minimum Gasteiger partial charge on any atom is -0.489 e. The van der Waals surface area contributed by atoms with Crippen molar-refractivity contribution in [2.45, 2.75) is 6.10 Å². The minimum atomic E-state index is -1.03. The van der Waals surface area contributed by atoms with Crippen molar-refractivity contribution in [1.82, 2.24) is 5.32 Å². The van der Waals surface area contributed by atoms with Crippen LogP contribution in [0.1, 0.15) is 10.4 Å². The summed E-state index contributed by atoms with van der Waals surface area (Å²) in [5.74, 6) is -0.261. The molecule has 0 spiro atoms. The molecular weight excluding hydrogens is 437 g/mol. The van der Waals surface area contributed by atoms with Crippen LogP contribution in [0.25, 0.3) is 0 Å². The summed E-state index contributed by atoms with van der Waals surface area (Å²) in [5.41, 5.74) is 0.128. The largest absolute Gasteiger partial charge is 0.489 e. The molecule has 11 heteroatoms. The molecule has 0 aliphatic carbocycles. The zero-order chi connectivity index (χ0) is 22.1. The van der Waals surface area contributed by atoms with Crippen LogP contribution in [0.4, 0.5) is 11.4 Å². The van der Waals surface area contributed by atoms with Crippen molar-refractivity contribution in [1.29, 1.82) is 0 Å². The molecule has 1 amide bonds. The highest BCUT2D eigenvalue weighted by molar-refractivity contribution is 6.42. The van der Waals surface area contributed by atoms with E-state index in [0.717, 1.165) is 0 Å². The van der Waals surface area contributed by atoms with Crippen LogP contribution in [0.5, 0.6) is 5.75 Å². The summed E-state index contributed by atoms with van der Waals surface area (Å²) < 4.78 is 10.3. The molecule has 2 aromatic rings. The number of rotatable bonds is 11. The van der Waals surface area contributed by atoms with Gasteiger partial charge >= 0.3 is 0 Å². The summed E-state index contributed by atoms with van der Waals surface area (Å²) in [6.07, 6.45) is -1.03. The summed E-state index contributed by atoms with van der Waals surface area (Å²) in [7, 11) is 1.52. The topological polar surface area (TPSA) is 123 Å². The van der Waals surface area contributed by atoms with Crippen LogP contribution in [0, 0.1) is 10.1 Å². The number of nitro groups is 1. The van der Waals surface area contributed by atoms with Crippen LogP contribution < -0.4 is 15.4 Å². The van der Waals surface area contributed by atoms with Gasteiger partial charge in [0.1, 0.15) is 29.2 Å². The number of hydrogen-bond acceptors (Lipinski definition) is 7. The third-order valence-electron chi connectivity index (χ3n) is 3.92. The average molecular weight is 458 g/mol. The second-order valence-electron chi connectivity index (χ2n) is 6.14. The van der Waals surface area contributed by atoms with E-state index >= 15 is 0 Å². The first-order valence-electron chi connectivity index (χ1n) is 8.87. The lowest BCUT2D eigenvalue weighted by atomic mass is 10.1. The molecule has 0 saturated heterocycles. The molecule has 0 aliphatic rings. The fraction of sp³-hybridized carbons (Fsp3) is 0.316. The van der Waals surface area contributed by atoms with Crippen LogP contribution in [0.15, 0.2) is 36.4 Å². The maximum absolute atomic E-state index is 12.3. The Balaban J connectivity index is 1.92. The van der Waals surface area contributed by atoms with E-state index in [-0.39, 0.29) is 35.1 Å². The van der Waals surface area contributed by atoms with E-state index in [4.69, 9.17) is 32.7 Å². The van der Waals surface area contributed by atoms with Crippen molar-refractivity contribution in [3.8, 4) is 5.75 Å². The normalized spacial score (nSPS) is 11.6. The predicted molar refractivity (Wildman–Crippen MR) is 114 cm³/mol. The number of amides is 1. The van der Waals surface area contributed by atoms with E-state index in [2.05, 4.69) is 10.6 Å². The van der Waals surface area contributed by atoms with Crippen LogP contribution in [-0.4, -0.2) is 55.5 Å². The smallest absolute Gasteiger partial charge is 0.293 e. The Kier molecular flexibility index (Phi) is 9.13. The first-order chi connectivity index (χ1) is 14.3. The molecule has 162 valence electrons. The summed E-state index contributed by atoms with van der Waals surface area (Å²) in [6.45, 7) is 0.493. The van der Waals surface area contributed by atoms with E-state index in [1.54, 1.807) is 18.2 Å². The Bertz CT molecular complexity index is 897.